The summed E-state index contributed by atoms with van der Waals surface area (Å²) < 4.78 is 40.8. The number of amides is 1. The normalized spacial score (nSPS) is 15.5. The molecule has 10 heteroatoms. The number of piperazine rings is 1. The lowest BCUT2D eigenvalue weighted by Crippen LogP contribution is -2.50. The summed E-state index contributed by atoms with van der Waals surface area (Å²) >= 11 is 11.8. The van der Waals surface area contributed by atoms with E-state index in [1.165, 1.54) is 34.6 Å². The standard InChI is InChI=1S/C21H20Cl2FN3O3S/c1-13-16(17-10-14(24)2-5-20(17)25-13)12-21(28)26-6-8-27(9-7-26)31(29,30)15-3-4-18(22)19(23)11-15/h2-5,10-11,25H,6-9,12H2,1H3. The number of hydrogen-bond acceptors (Lipinski definition) is 3. The molecular weight excluding hydrogens is 464 g/mol. The van der Waals surface area contributed by atoms with Gasteiger partial charge in [-0.3, -0.25) is 4.79 Å². The zero-order valence-corrected chi connectivity index (χ0v) is 19.0. The van der Waals surface area contributed by atoms with E-state index >= 15 is 0 Å². The highest BCUT2D eigenvalue weighted by atomic mass is 35.5. The van der Waals surface area contributed by atoms with Crippen LogP contribution in [0.3, 0.4) is 0 Å². The minimum atomic E-state index is -3.74. The number of fused-ring (bicyclic) bond motifs is 1. The number of aryl methyl sites for hydroxylation is 1. The number of aromatic nitrogens is 1. The highest BCUT2D eigenvalue weighted by molar-refractivity contribution is 7.89. The number of carbonyl (C=O) groups excluding carboxylic acids is 1. The molecular formula is C21H20Cl2FN3O3S. The van der Waals surface area contributed by atoms with Crippen molar-refractivity contribution in [2.75, 3.05) is 26.2 Å². The smallest absolute Gasteiger partial charge is 0.243 e. The number of rotatable bonds is 4. The molecule has 0 unspecified atom stereocenters. The number of nitrogens with one attached hydrogen (secondary N) is 1. The van der Waals surface area contributed by atoms with Gasteiger partial charge < -0.3 is 9.88 Å². The molecule has 1 N–H and O–H groups in total. The molecule has 2 heterocycles. The summed E-state index contributed by atoms with van der Waals surface area (Å²) in [4.78, 5) is 17.7. The van der Waals surface area contributed by atoms with Crippen LogP contribution in [0.5, 0.6) is 0 Å². The van der Waals surface area contributed by atoms with Crippen LogP contribution in [0.4, 0.5) is 4.39 Å². The van der Waals surface area contributed by atoms with E-state index < -0.39 is 10.0 Å². The summed E-state index contributed by atoms with van der Waals surface area (Å²) in [6.45, 7) is 2.75. The van der Waals surface area contributed by atoms with Crippen molar-refractivity contribution in [3.05, 3.63) is 63.5 Å². The van der Waals surface area contributed by atoms with Gasteiger partial charge in [-0.2, -0.15) is 4.31 Å². The van der Waals surface area contributed by atoms with Crippen LogP contribution in [0.25, 0.3) is 10.9 Å². The zero-order valence-electron chi connectivity index (χ0n) is 16.7. The van der Waals surface area contributed by atoms with Crippen LogP contribution in [-0.4, -0.2) is 54.7 Å². The predicted octanol–water partition coefficient (Wildman–Crippen LogP) is 4.00. The van der Waals surface area contributed by atoms with Crippen LogP contribution >= 0.6 is 23.2 Å². The molecule has 1 amide bonds. The van der Waals surface area contributed by atoms with Gasteiger partial charge in [0.05, 0.1) is 21.4 Å². The van der Waals surface area contributed by atoms with Gasteiger partial charge in [0.15, 0.2) is 0 Å². The zero-order chi connectivity index (χ0) is 22.3. The molecule has 1 aliphatic rings. The summed E-state index contributed by atoms with van der Waals surface area (Å²) in [7, 11) is -3.74. The summed E-state index contributed by atoms with van der Waals surface area (Å²) in [5, 5.41) is 1.14. The minimum Gasteiger partial charge on any atom is -0.358 e. The van der Waals surface area contributed by atoms with Crippen molar-refractivity contribution in [3.8, 4) is 0 Å². The van der Waals surface area contributed by atoms with Crippen molar-refractivity contribution in [2.45, 2.75) is 18.2 Å². The first-order valence-electron chi connectivity index (χ1n) is 9.66. The average molecular weight is 484 g/mol. The van der Waals surface area contributed by atoms with Crippen molar-refractivity contribution in [1.82, 2.24) is 14.2 Å². The number of H-pyrrole nitrogens is 1. The van der Waals surface area contributed by atoms with Crippen LogP contribution in [0.2, 0.25) is 10.0 Å². The van der Waals surface area contributed by atoms with Crippen LogP contribution in [0, 0.1) is 12.7 Å². The first-order chi connectivity index (χ1) is 14.7. The molecule has 2 aromatic carbocycles. The van der Waals surface area contributed by atoms with Crippen molar-refractivity contribution in [1.29, 1.82) is 0 Å². The maximum atomic E-state index is 13.7. The number of sulfonamides is 1. The fourth-order valence-electron chi connectivity index (χ4n) is 3.81. The van der Waals surface area contributed by atoms with E-state index in [0.717, 1.165) is 16.8 Å². The van der Waals surface area contributed by atoms with Gasteiger partial charge in [0, 0.05) is 42.8 Å². The van der Waals surface area contributed by atoms with Crippen molar-refractivity contribution < 1.29 is 17.6 Å². The lowest BCUT2D eigenvalue weighted by molar-refractivity contribution is -0.131. The SMILES string of the molecule is Cc1[nH]c2ccc(F)cc2c1CC(=O)N1CCN(S(=O)(=O)c2ccc(Cl)c(Cl)c2)CC1. The summed E-state index contributed by atoms with van der Waals surface area (Å²) in [5.74, 6) is -0.485. The second-order valence-corrected chi connectivity index (χ2v) is 10.2. The molecule has 31 heavy (non-hydrogen) atoms. The monoisotopic (exact) mass is 483 g/mol. The van der Waals surface area contributed by atoms with E-state index in [0.29, 0.717) is 5.39 Å². The Morgan fingerprint density at radius 3 is 2.45 bits per heavy atom. The van der Waals surface area contributed by atoms with Gasteiger partial charge in [0.1, 0.15) is 5.82 Å². The summed E-state index contributed by atoms with van der Waals surface area (Å²) in [6, 6.07) is 8.64. The van der Waals surface area contributed by atoms with E-state index in [9.17, 15) is 17.6 Å². The van der Waals surface area contributed by atoms with Crippen LogP contribution in [-0.2, 0) is 21.2 Å². The maximum absolute atomic E-state index is 13.7. The van der Waals surface area contributed by atoms with Gasteiger partial charge in [0.25, 0.3) is 0 Å². The highest BCUT2D eigenvalue weighted by Crippen LogP contribution is 2.28. The number of benzene rings is 2. The molecule has 164 valence electrons. The van der Waals surface area contributed by atoms with E-state index in [1.807, 2.05) is 6.92 Å². The first-order valence-corrected chi connectivity index (χ1v) is 11.9. The molecule has 1 fully saturated rings. The number of aromatic amines is 1. The Balaban J connectivity index is 1.45. The maximum Gasteiger partial charge on any atom is 0.243 e. The van der Waals surface area contributed by atoms with Crippen molar-refractivity contribution >= 4 is 50.0 Å². The number of carbonyl (C=O) groups is 1. The molecule has 0 bridgehead atoms. The van der Waals surface area contributed by atoms with E-state index in [2.05, 4.69) is 4.98 Å². The molecule has 0 atom stereocenters. The Hall–Kier alpha value is -2.13. The summed E-state index contributed by atoms with van der Waals surface area (Å²) in [6.07, 6.45) is 0.120. The van der Waals surface area contributed by atoms with Gasteiger partial charge in [-0.05, 0) is 48.9 Å². The van der Waals surface area contributed by atoms with Crippen LogP contribution < -0.4 is 0 Å². The first kappa shape index (κ1) is 22.1. The molecule has 1 aliphatic heterocycles. The predicted molar refractivity (Wildman–Crippen MR) is 118 cm³/mol. The fourth-order valence-corrected chi connectivity index (χ4v) is 5.62. The lowest BCUT2D eigenvalue weighted by Gasteiger charge is -2.34. The van der Waals surface area contributed by atoms with E-state index in [1.54, 1.807) is 11.0 Å². The largest absolute Gasteiger partial charge is 0.358 e. The molecule has 6 nitrogen and oxygen atoms in total. The molecule has 1 saturated heterocycles. The van der Waals surface area contributed by atoms with Gasteiger partial charge in [-0.25, -0.2) is 12.8 Å². The van der Waals surface area contributed by atoms with Gasteiger partial charge in [-0.1, -0.05) is 23.2 Å². The van der Waals surface area contributed by atoms with E-state index in [4.69, 9.17) is 23.2 Å². The Bertz CT molecular complexity index is 1270. The molecule has 0 saturated carbocycles. The Morgan fingerprint density at radius 1 is 1.06 bits per heavy atom. The van der Waals surface area contributed by atoms with Gasteiger partial charge in [-0.15, -0.1) is 0 Å². The number of nitrogens with zero attached hydrogens (tertiary/aromatic N) is 2. The second kappa shape index (κ2) is 8.43. The van der Waals surface area contributed by atoms with Crippen molar-refractivity contribution in [2.24, 2.45) is 0 Å². The molecule has 0 spiro atoms. The molecule has 4 rings (SSSR count). The number of halogens is 3. The third-order valence-electron chi connectivity index (χ3n) is 5.53. The molecule has 0 radical (unpaired) electrons. The second-order valence-electron chi connectivity index (χ2n) is 7.46. The quantitative estimate of drug-likeness (QED) is 0.609. The fraction of sp³-hybridized carbons (Fsp3) is 0.286. The third kappa shape index (κ3) is 4.30. The molecule has 3 aromatic rings. The molecule has 0 aliphatic carbocycles. The van der Waals surface area contributed by atoms with Gasteiger partial charge >= 0.3 is 0 Å². The third-order valence-corrected chi connectivity index (χ3v) is 8.16. The minimum absolute atomic E-state index is 0.0677. The topological polar surface area (TPSA) is 73.5 Å². The average Bonchev–Trinajstić information content (AvgIpc) is 3.04. The van der Waals surface area contributed by atoms with E-state index in [-0.39, 0.29) is 59.3 Å². The van der Waals surface area contributed by atoms with Crippen LogP contribution in [0.15, 0.2) is 41.3 Å². The van der Waals surface area contributed by atoms with Crippen LogP contribution in [0.1, 0.15) is 11.3 Å². The highest BCUT2D eigenvalue weighted by Gasteiger charge is 2.30. The Morgan fingerprint density at radius 2 is 1.77 bits per heavy atom. The Labute approximate surface area is 189 Å². The van der Waals surface area contributed by atoms with Gasteiger partial charge in [0.2, 0.25) is 15.9 Å². The lowest BCUT2D eigenvalue weighted by atomic mass is 10.1. The number of hydrogen-bond donors (Lipinski definition) is 1. The molecule has 1 aromatic heterocycles. The Kier molecular flexibility index (Phi) is 6.00. The van der Waals surface area contributed by atoms with Crippen molar-refractivity contribution in [3.63, 3.8) is 0 Å². The summed E-state index contributed by atoms with van der Waals surface area (Å²) in [5.41, 5.74) is 2.35.